The number of rotatable bonds is 3. The zero-order chi connectivity index (χ0) is 13.1. The molecule has 0 aliphatic rings. The van der Waals surface area contributed by atoms with Gasteiger partial charge in [0.1, 0.15) is 11.6 Å². The van der Waals surface area contributed by atoms with E-state index in [4.69, 9.17) is 11.6 Å². The second-order valence-electron chi connectivity index (χ2n) is 4.36. The van der Waals surface area contributed by atoms with Crippen LogP contribution in [0.1, 0.15) is 24.0 Å². The van der Waals surface area contributed by atoms with Crippen LogP contribution in [-0.2, 0) is 6.42 Å². The summed E-state index contributed by atoms with van der Waals surface area (Å²) in [6.45, 7) is 1.90. The lowest BCUT2D eigenvalue weighted by molar-refractivity contribution is 0.558. The lowest BCUT2D eigenvalue weighted by Crippen LogP contribution is -2.02. The molecule has 0 aromatic heterocycles. The molecule has 0 saturated carbocycles. The Labute approximate surface area is 110 Å². The average molecular weight is 267 g/mol. The molecule has 0 aliphatic heterocycles. The van der Waals surface area contributed by atoms with Crippen LogP contribution in [0.3, 0.4) is 0 Å². The van der Waals surface area contributed by atoms with E-state index in [1.807, 2.05) is 31.2 Å². The number of halogens is 3. The molecular formula is C15H13ClF2. The molecule has 18 heavy (non-hydrogen) atoms. The number of benzene rings is 2. The van der Waals surface area contributed by atoms with Gasteiger partial charge in [0.25, 0.3) is 0 Å². The molecule has 0 bridgehead atoms. The second kappa shape index (κ2) is 5.49. The summed E-state index contributed by atoms with van der Waals surface area (Å²) >= 11 is 6.07. The summed E-state index contributed by atoms with van der Waals surface area (Å²) in [7, 11) is 0. The van der Waals surface area contributed by atoms with Crippen molar-refractivity contribution < 1.29 is 8.78 Å². The van der Waals surface area contributed by atoms with E-state index in [1.54, 1.807) is 0 Å². The van der Waals surface area contributed by atoms with E-state index in [9.17, 15) is 8.78 Å². The third kappa shape index (κ3) is 2.88. The Morgan fingerprint density at radius 1 is 1.11 bits per heavy atom. The molecule has 0 spiro atoms. The Balaban J connectivity index is 2.22. The van der Waals surface area contributed by atoms with Crippen LogP contribution in [0.25, 0.3) is 0 Å². The van der Waals surface area contributed by atoms with Crippen LogP contribution >= 0.6 is 11.6 Å². The van der Waals surface area contributed by atoms with E-state index in [-0.39, 0.29) is 5.92 Å². The van der Waals surface area contributed by atoms with E-state index in [1.165, 1.54) is 12.1 Å². The highest BCUT2D eigenvalue weighted by atomic mass is 35.5. The first-order valence-corrected chi connectivity index (χ1v) is 6.14. The third-order valence-electron chi connectivity index (χ3n) is 2.98. The van der Waals surface area contributed by atoms with Crippen molar-refractivity contribution in [2.45, 2.75) is 19.3 Å². The van der Waals surface area contributed by atoms with Crippen LogP contribution in [0.5, 0.6) is 0 Å². The van der Waals surface area contributed by atoms with E-state index in [0.717, 1.165) is 11.6 Å². The van der Waals surface area contributed by atoms with Crippen molar-refractivity contribution in [2.75, 3.05) is 0 Å². The molecular weight excluding hydrogens is 254 g/mol. The molecule has 3 heteroatoms. The smallest absolute Gasteiger partial charge is 0.129 e. The summed E-state index contributed by atoms with van der Waals surface area (Å²) < 4.78 is 26.5. The highest BCUT2D eigenvalue weighted by Gasteiger charge is 2.13. The second-order valence-corrected chi connectivity index (χ2v) is 4.77. The minimum Gasteiger partial charge on any atom is -0.207 e. The Hall–Kier alpha value is -1.41. The van der Waals surface area contributed by atoms with Gasteiger partial charge in [-0.2, -0.15) is 0 Å². The van der Waals surface area contributed by atoms with Crippen molar-refractivity contribution in [1.82, 2.24) is 0 Å². The number of hydrogen-bond acceptors (Lipinski definition) is 0. The predicted octanol–water partition coefficient (Wildman–Crippen LogP) is 4.96. The van der Waals surface area contributed by atoms with Gasteiger partial charge in [0.05, 0.1) is 0 Å². The normalized spacial score (nSPS) is 12.4. The molecule has 2 aromatic carbocycles. The van der Waals surface area contributed by atoms with Gasteiger partial charge in [-0.05, 0) is 35.6 Å². The summed E-state index contributed by atoms with van der Waals surface area (Å²) in [4.78, 5) is 0. The predicted molar refractivity (Wildman–Crippen MR) is 69.9 cm³/mol. The molecule has 0 N–H and O–H groups in total. The van der Waals surface area contributed by atoms with E-state index < -0.39 is 11.6 Å². The number of hydrogen-bond donors (Lipinski definition) is 0. The van der Waals surface area contributed by atoms with Crippen LogP contribution in [0, 0.1) is 11.6 Å². The minimum absolute atomic E-state index is 0.0505. The zero-order valence-electron chi connectivity index (χ0n) is 9.96. The van der Waals surface area contributed by atoms with Gasteiger partial charge in [0, 0.05) is 11.1 Å². The van der Waals surface area contributed by atoms with Gasteiger partial charge >= 0.3 is 0 Å². The highest BCUT2D eigenvalue weighted by Crippen LogP contribution is 2.26. The van der Waals surface area contributed by atoms with Gasteiger partial charge in [-0.15, -0.1) is 0 Å². The van der Waals surface area contributed by atoms with E-state index in [2.05, 4.69) is 0 Å². The topological polar surface area (TPSA) is 0 Å². The van der Waals surface area contributed by atoms with E-state index in [0.29, 0.717) is 17.0 Å². The summed E-state index contributed by atoms with van der Waals surface area (Å²) in [5.74, 6) is -1.11. The van der Waals surface area contributed by atoms with Crippen LogP contribution in [0.2, 0.25) is 5.02 Å². The van der Waals surface area contributed by atoms with Crippen molar-refractivity contribution in [1.29, 1.82) is 0 Å². The van der Waals surface area contributed by atoms with Gasteiger partial charge in [-0.3, -0.25) is 0 Å². The van der Waals surface area contributed by atoms with Crippen LogP contribution < -0.4 is 0 Å². The molecule has 0 aliphatic carbocycles. The van der Waals surface area contributed by atoms with Crippen molar-refractivity contribution in [3.8, 4) is 0 Å². The monoisotopic (exact) mass is 266 g/mol. The maximum Gasteiger partial charge on any atom is 0.129 e. The first kappa shape index (κ1) is 13.0. The molecule has 2 aromatic rings. The molecule has 0 nitrogen and oxygen atoms in total. The molecule has 1 atom stereocenters. The Morgan fingerprint density at radius 3 is 2.50 bits per heavy atom. The molecule has 0 heterocycles. The molecule has 2 rings (SSSR count). The largest absolute Gasteiger partial charge is 0.207 e. The summed E-state index contributed by atoms with van der Waals surface area (Å²) in [6.07, 6.45) is 0.627. The summed E-state index contributed by atoms with van der Waals surface area (Å²) in [5, 5.41) is 0.673. The Kier molecular flexibility index (Phi) is 3.97. The standard InChI is InChI=1S/C15H13ClF2/c1-10(8-11-4-2-3-5-14(11)16)13-7-6-12(17)9-15(13)18/h2-7,9-10H,8H2,1H3. The molecule has 0 saturated heterocycles. The first-order chi connectivity index (χ1) is 8.58. The Morgan fingerprint density at radius 2 is 1.83 bits per heavy atom. The van der Waals surface area contributed by atoms with Gasteiger partial charge < -0.3 is 0 Å². The molecule has 94 valence electrons. The lowest BCUT2D eigenvalue weighted by Gasteiger charge is -2.14. The van der Waals surface area contributed by atoms with Crippen LogP contribution in [0.15, 0.2) is 42.5 Å². The fourth-order valence-electron chi connectivity index (χ4n) is 2.00. The first-order valence-electron chi connectivity index (χ1n) is 5.76. The fraction of sp³-hybridized carbons (Fsp3) is 0.200. The molecule has 0 amide bonds. The molecule has 0 radical (unpaired) electrons. The molecule has 0 fully saturated rings. The van der Waals surface area contributed by atoms with E-state index >= 15 is 0 Å². The minimum atomic E-state index is -0.554. The average Bonchev–Trinajstić information content (AvgIpc) is 2.32. The van der Waals surface area contributed by atoms with Crippen molar-refractivity contribution in [2.24, 2.45) is 0 Å². The highest BCUT2D eigenvalue weighted by molar-refractivity contribution is 6.31. The van der Waals surface area contributed by atoms with Gasteiger partial charge in [-0.25, -0.2) is 8.78 Å². The van der Waals surface area contributed by atoms with Crippen molar-refractivity contribution in [3.05, 3.63) is 70.2 Å². The maximum absolute atomic E-state index is 13.6. The van der Waals surface area contributed by atoms with Gasteiger partial charge in [0.15, 0.2) is 0 Å². The summed E-state index contributed by atoms with van der Waals surface area (Å²) in [6, 6.07) is 11.2. The summed E-state index contributed by atoms with van der Waals surface area (Å²) in [5.41, 5.74) is 1.48. The van der Waals surface area contributed by atoms with Crippen molar-refractivity contribution >= 4 is 11.6 Å². The SMILES string of the molecule is CC(Cc1ccccc1Cl)c1ccc(F)cc1F. The van der Waals surface area contributed by atoms with Crippen LogP contribution in [0.4, 0.5) is 8.78 Å². The van der Waals surface area contributed by atoms with Crippen molar-refractivity contribution in [3.63, 3.8) is 0 Å². The molecule has 1 unspecified atom stereocenters. The quantitative estimate of drug-likeness (QED) is 0.736. The van der Waals surface area contributed by atoms with Crippen LogP contribution in [-0.4, -0.2) is 0 Å². The fourth-order valence-corrected chi connectivity index (χ4v) is 2.22. The third-order valence-corrected chi connectivity index (χ3v) is 3.35. The lowest BCUT2D eigenvalue weighted by atomic mass is 9.93. The Bertz CT molecular complexity index is 552. The maximum atomic E-state index is 13.6. The van der Waals surface area contributed by atoms with Gasteiger partial charge in [-0.1, -0.05) is 42.8 Å². The zero-order valence-corrected chi connectivity index (χ0v) is 10.7. The van der Waals surface area contributed by atoms with Gasteiger partial charge in [0.2, 0.25) is 0 Å².